The third-order valence-corrected chi connectivity index (χ3v) is 5.33. The predicted octanol–water partition coefficient (Wildman–Crippen LogP) is 2.51. The highest BCUT2D eigenvalue weighted by molar-refractivity contribution is 6.32. The number of morpholine rings is 1. The van der Waals surface area contributed by atoms with E-state index in [1.165, 1.54) is 17.0 Å². The minimum absolute atomic E-state index is 0.0114. The Bertz CT molecular complexity index is 1010. The summed E-state index contributed by atoms with van der Waals surface area (Å²) in [6, 6.07) is 10.8. The monoisotopic (exact) mass is 431 g/mol. The molecule has 9 nitrogen and oxygen atoms in total. The zero-order valence-electron chi connectivity index (χ0n) is 15.8. The molecule has 1 atom stereocenters. The number of rotatable bonds is 3. The fraction of sp³-hybridized carbons (Fsp3) is 0.300. The van der Waals surface area contributed by atoms with Gasteiger partial charge in [-0.2, -0.15) is 0 Å². The van der Waals surface area contributed by atoms with Gasteiger partial charge in [0, 0.05) is 24.7 Å². The van der Waals surface area contributed by atoms with E-state index >= 15 is 0 Å². The molecule has 0 N–H and O–H groups in total. The van der Waals surface area contributed by atoms with Gasteiger partial charge in [-0.3, -0.25) is 19.7 Å². The maximum atomic E-state index is 13.3. The highest BCUT2D eigenvalue weighted by atomic mass is 35.5. The SMILES string of the molecule is O=C([C@H]1CN(C(=O)c2ccc(Cl)c([N+](=O)[O-])c2)c2ccccc2O1)N1CCOCC1. The Morgan fingerprint density at radius 1 is 1.13 bits per heavy atom. The van der Waals surface area contributed by atoms with E-state index < -0.39 is 16.9 Å². The van der Waals surface area contributed by atoms with Gasteiger partial charge in [-0.25, -0.2) is 0 Å². The van der Waals surface area contributed by atoms with Crippen LogP contribution in [-0.4, -0.2) is 60.6 Å². The van der Waals surface area contributed by atoms with Crippen molar-refractivity contribution in [2.45, 2.75) is 6.10 Å². The van der Waals surface area contributed by atoms with Crippen molar-refractivity contribution >= 4 is 34.8 Å². The van der Waals surface area contributed by atoms with Gasteiger partial charge in [0.1, 0.15) is 10.8 Å². The molecule has 156 valence electrons. The molecule has 0 bridgehead atoms. The minimum atomic E-state index is -0.885. The van der Waals surface area contributed by atoms with Gasteiger partial charge in [0.25, 0.3) is 17.5 Å². The number of hydrogen-bond donors (Lipinski definition) is 0. The summed E-state index contributed by atoms with van der Waals surface area (Å²) in [6.45, 7) is 1.80. The van der Waals surface area contributed by atoms with E-state index in [9.17, 15) is 19.7 Å². The lowest BCUT2D eigenvalue weighted by Crippen LogP contribution is -2.54. The number of carbonyl (C=O) groups excluding carboxylic acids is 2. The van der Waals surface area contributed by atoms with Crippen LogP contribution >= 0.6 is 11.6 Å². The van der Waals surface area contributed by atoms with Crippen LogP contribution in [0.2, 0.25) is 5.02 Å². The molecule has 0 spiro atoms. The third-order valence-electron chi connectivity index (χ3n) is 5.01. The molecule has 0 radical (unpaired) electrons. The summed E-state index contributed by atoms with van der Waals surface area (Å²) >= 11 is 5.87. The summed E-state index contributed by atoms with van der Waals surface area (Å²) in [7, 11) is 0. The molecule has 1 fully saturated rings. The van der Waals surface area contributed by atoms with Crippen LogP contribution in [0.15, 0.2) is 42.5 Å². The largest absolute Gasteiger partial charge is 0.476 e. The Hall–Kier alpha value is -3.17. The van der Waals surface area contributed by atoms with E-state index in [0.717, 1.165) is 6.07 Å². The van der Waals surface area contributed by atoms with Crippen molar-refractivity contribution < 1.29 is 24.0 Å². The molecule has 2 aromatic carbocycles. The van der Waals surface area contributed by atoms with Crippen molar-refractivity contribution in [3.8, 4) is 5.75 Å². The third kappa shape index (κ3) is 3.81. The molecule has 2 aliphatic heterocycles. The summed E-state index contributed by atoms with van der Waals surface area (Å²) in [5, 5.41) is 11.1. The van der Waals surface area contributed by atoms with Crippen molar-refractivity contribution in [3.05, 3.63) is 63.2 Å². The number of nitro benzene ring substituents is 1. The molecule has 10 heteroatoms. The highest BCUT2D eigenvalue weighted by Gasteiger charge is 2.37. The zero-order valence-corrected chi connectivity index (χ0v) is 16.6. The van der Waals surface area contributed by atoms with E-state index in [0.29, 0.717) is 37.7 Å². The van der Waals surface area contributed by atoms with E-state index in [-0.39, 0.29) is 28.7 Å². The number of hydrogen-bond acceptors (Lipinski definition) is 6. The molecule has 2 aliphatic rings. The topological polar surface area (TPSA) is 102 Å². The molecular formula is C20H18ClN3O6. The fourth-order valence-electron chi connectivity index (χ4n) is 3.48. The Kier molecular flexibility index (Phi) is 5.56. The van der Waals surface area contributed by atoms with E-state index in [2.05, 4.69) is 0 Å². The first-order chi connectivity index (χ1) is 14.5. The van der Waals surface area contributed by atoms with Crippen molar-refractivity contribution in [3.63, 3.8) is 0 Å². The number of benzene rings is 2. The number of carbonyl (C=O) groups is 2. The van der Waals surface area contributed by atoms with Crippen molar-refractivity contribution in [1.29, 1.82) is 0 Å². The van der Waals surface area contributed by atoms with Crippen LogP contribution in [0.25, 0.3) is 0 Å². The molecular weight excluding hydrogens is 414 g/mol. The molecule has 30 heavy (non-hydrogen) atoms. The maximum Gasteiger partial charge on any atom is 0.288 e. The van der Waals surface area contributed by atoms with Gasteiger partial charge in [-0.15, -0.1) is 0 Å². The van der Waals surface area contributed by atoms with Crippen LogP contribution in [0.4, 0.5) is 11.4 Å². The lowest BCUT2D eigenvalue weighted by atomic mass is 10.1. The van der Waals surface area contributed by atoms with Gasteiger partial charge in [0.2, 0.25) is 0 Å². The van der Waals surface area contributed by atoms with Crippen LogP contribution in [0, 0.1) is 10.1 Å². The van der Waals surface area contributed by atoms with Crippen LogP contribution in [0.3, 0.4) is 0 Å². The van der Waals surface area contributed by atoms with Crippen LogP contribution in [0.5, 0.6) is 5.75 Å². The lowest BCUT2D eigenvalue weighted by Gasteiger charge is -2.37. The Morgan fingerprint density at radius 2 is 1.87 bits per heavy atom. The predicted molar refractivity (Wildman–Crippen MR) is 108 cm³/mol. The van der Waals surface area contributed by atoms with Crippen molar-refractivity contribution in [2.24, 2.45) is 0 Å². The summed E-state index contributed by atoms with van der Waals surface area (Å²) in [6.07, 6.45) is -0.885. The summed E-state index contributed by atoms with van der Waals surface area (Å²) in [5.41, 5.74) is 0.233. The number of anilines is 1. The van der Waals surface area contributed by atoms with Crippen molar-refractivity contribution in [1.82, 2.24) is 4.90 Å². The lowest BCUT2D eigenvalue weighted by molar-refractivity contribution is -0.384. The molecule has 0 saturated carbocycles. The standard InChI is InChI=1S/C20H18ClN3O6/c21-14-6-5-13(11-16(14)24(27)28)19(25)23-12-18(20(26)22-7-9-29-10-8-22)30-17-4-2-1-3-15(17)23/h1-6,11,18H,7-10,12H2/t18-/m1/s1. The van der Waals surface area contributed by atoms with Gasteiger partial charge in [0.05, 0.1) is 30.4 Å². The molecule has 2 aromatic rings. The van der Waals surface area contributed by atoms with Gasteiger partial charge in [-0.05, 0) is 24.3 Å². The molecule has 0 aromatic heterocycles. The molecule has 0 unspecified atom stereocenters. The van der Waals surface area contributed by atoms with Crippen molar-refractivity contribution in [2.75, 3.05) is 37.7 Å². The number of nitrogens with zero attached hydrogens (tertiary/aromatic N) is 3. The van der Waals surface area contributed by atoms with E-state index in [1.54, 1.807) is 29.2 Å². The maximum absolute atomic E-state index is 13.3. The number of para-hydroxylation sites is 2. The summed E-state index contributed by atoms with van der Waals surface area (Å²) < 4.78 is 11.2. The van der Waals surface area contributed by atoms with E-state index in [1.807, 2.05) is 0 Å². The molecule has 4 rings (SSSR count). The average Bonchev–Trinajstić information content (AvgIpc) is 2.78. The van der Waals surface area contributed by atoms with Crippen LogP contribution in [-0.2, 0) is 9.53 Å². The second-order valence-corrected chi connectivity index (χ2v) is 7.26. The van der Waals surface area contributed by atoms with Gasteiger partial charge >= 0.3 is 0 Å². The number of ether oxygens (including phenoxy) is 2. The minimum Gasteiger partial charge on any atom is -0.476 e. The second-order valence-electron chi connectivity index (χ2n) is 6.85. The fourth-order valence-corrected chi connectivity index (χ4v) is 3.67. The number of nitro groups is 1. The van der Waals surface area contributed by atoms with Gasteiger partial charge < -0.3 is 19.3 Å². The first-order valence-electron chi connectivity index (χ1n) is 9.33. The quantitative estimate of drug-likeness (QED) is 0.546. The smallest absolute Gasteiger partial charge is 0.288 e. The van der Waals surface area contributed by atoms with Crippen LogP contribution in [0.1, 0.15) is 10.4 Å². The number of amides is 2. The Morgan fingerprint density at radius 3 is 2.60 bits per heavy atom. The Labute approximate surface area is 176 Å². The normalized spacial score (nSPS) is 18.4. The Balaban J connectivity index is 1.66. The van der Waals surface area contributed by atoms with Gasteiger partial charge in [-0.1, -0.05) is 23.7 Å². The van der Waals surface area contributed by atoms with Gasteiger partial charge in [0.15, 0.2) is 6.10 Å². The highest BCUT2D eigenvalue weighted by Crippen LogP contribution is 2.35. The molecule has 2 amide bonds. The summed E-state index contributed by atoms with van der Waals surface area (Å²) in [4.78, 5) is 39.8. The molecule has 1 saturated heterocycles. The molecule has 0 aliphatic carbocycles. The first kappa shape index (κ1) is 20.1. The molecule has 2 heterocycles. The van der Waals surface area contributed by atoms with Crippen LogP contribution < -0.4 is 9.64 Å². The summed E-state index contributed by atoms with van der Waals surface area (Å²) in [5.74, 6) is -0.315. The zero-order chi connectivity index (χ0) is 21.3. The second kappa shape index (κ2) is 8.29. The number of halogens is 1. The average molecular weight is 432 g/mol. The first-order valence-corrected chi connectivity index (χ1v) is 9.71. The van der Waals surface area contributed by atoms with E-state index in [4.69, 9.17) is 21.1 Å². The number of fused-ring (bicyclic) bond motifs is 1.